The maximum atomic E-state index is 12.8. The Balaban J connectivity index is 1.69. The van der Waals surface area contributed by atoms with Crippen molar-refractivity contribution in [2.45, 2.75) is 43.1 Å². The molecule has 1 N–H and O–H groups in total. The molecule has 9 heteroatoms. The van der Waals surface area contributed by atoms with E-state index in [-0.39, 0.29) is 28.3 Å². The van der Waals surface area contributed by atoms with Gasteiger partial charge in [0.05, 0.1) is 16.7 Å². The molecule has 2 aromatic heterocycles. The third-order valence-electron chi connectivity index (χ3n) is 4.76. The molecular weight excluding hydrogens is 414 g/mol. The molecule has 1 amide bonds. The van der Waals surface area contributed by atoms with Crippen LogP contribution in [0.15, 0.2) is 63.7 Å². The van der Waals surface area contributed by atoms with Gasteiger partial charge in [-0.3, -0.25) is 19.5 Å². The lowest BCUT2D eigenvalue weighted by molar-refractivity contribution is 0.0950. The summed E-state index contributed by atoms with van der Waals surface area (Å²) in [6.45, 7) is 5.96. The number of nitrogens with one attached hydrogen (secondary N) is 1. The fourth-order valence-electron chi connectivity index (χ4n) is 2.89. The Hall–Kier alpha value is -3.33. The quantitative estimate of drug-likeness (QED) is 0.570. The number of sulfone groups is 1. The molecule has 0 saturated carbocycles. The fourth-order valence-corrected chi connectivity index (χ4v) is 4.09. The van der Waals surface area contributed by atoms with Crippen molar-refractivity contribution in [3.05, 3.63) is 71.3 Å². The third-order valence-corrected chi connectivity index (χ3v) is 6.48. The van der Waals surface area contributed by atoms with Gasteiger partial charge in [0.1, 0.15) is 4.90 Å². The van der Waals surface area contributed by atoms with Gasteiger partial charge in [-0.15, -0.1) is 0 Å². The van der Waals surface area contributed by atoms with Crippen molar-refractivity contribution in [2.24, 2.45) is 4.99 Å². The van der Waals surface area contributed by atoms with E-state index in [1.54, 1.807) is 36.1 Å². The number of aromatic nitrogens is 3. The number of aryl methyl sites for hydroxylation is 1. The maximum absolute atomic E-state index is 12.8. The lowest BCUT2D eigenvalue weighted by atomic mass is 10.1. The fraction of sp³-hybridized carbons (Fsp3) is 0.273. The Morgan fingerprint density at radius 1 is 1.19 bits per heavy atom. The average Bonchev–Trinajstić information content (AvgIpc) is 3.26. The molecule has 0 aliphatic rings. The van der Waals surface area contributed by atoms with Gasteiger partial charge in [-0.1, -0.05) is 12.1 Å². The molecule has 3 rings (SSSR count). The molecule has 0 saturated heterocycles. The van der Waals surface area contributed by atoms with Gasteiger partial charge in [-0.2, -0.15) is 5.10 Å². The number of hydrogen-bond donors (Lipinski definition) is 1. The van der Waals surface area contributed by atoms with E-state index in [2.05, 4.69) is 20.4 Å². The number of aliphatic imine (C=N–C) groups is 1. The van der Waals surface area contributed by atoms with Gasteiger partial charge in [-0.25, -0.2) is 8.42 Å². The highest BCUT2D eigenvalue weighted by molar-refractivity contribution is 7.91. The monoisotopic (exact) mass is 439 g/mol. The number of carbonyl (C=O) groups excluding carboxylic acids is 1. The highest BCUT2D eigenvalue weighted by Gasteiger charge is 2.20. The molecule has 2 heterocycles. The zero-order chi connectivity index (χ0) is 22.6. The summed E-state index contributed by atoms with van der Waals surface area (Å²) in [5.41, 5.74) is 2.78. The predicted molar refractivity (Wildman–Crippen MR) is 118 cm³/mol. The molecule has 3 aromatic rings. The van der Waals surface area contributed by atoms with Crippen LogP contribution < -0.4 is 5.32 Å². The zero-order valence-corrected chi connectivity index (χ0v) is 18.7. The standard InChI is InChI=1S/C22H25N5O3S/c1-15(2)27-14-21(13-26-27)31(29,30)20-7-5-17(6-8-20)10-25-22(28)19-9-18(11-23-4)16(3)24-12-19/h5-9,11-15H,10H2,1-4H3,(H,25,28). The molecule has 0 aliphatic heterocycles. The second-order valence-electron chi connectivity index (χ2n) is 7.37. The van der Waals surface area contributed by atoms with E-state index >= 15 is 0 Å². The highest BCUT2D eigenvalue weighted by atomic mass is 32.2. The summed E-state index contributed by atoms with van der Waals surface area (Å²) < 4.78 is 27.2. The van der Waals surface area contributed by atoms with Crippen LogP contribution in [-0.2, 0) is 16.4 Å². The Morgan fingerprint density at radius 3 is 2.52 bits per heavy atom. The van der Waals surface area contributed by atoms with E-state index in [4.69, 9.17) is 0 Å². The molecule has 31 heavy (non-hydrogen) atoms. The van der Waals surface area contributed by atoms with Crippen molar-refractivity contribution in [3.63, 3.8) is 0 Å². The summed E-state index contributed by atoms with van der Waals surface area (Å²) in [7, 11) is -1.99. The minimum absolute atomic E-state index is 0.0732. The first-order valence-electron chi connectivity index (χ1n) is 9.77. The Bertz CT molecular complexity index is 1210. The maximum Gasteiger partial charge on any atom is 0.253 e. The normalized spacial score (nSPS) is 11.9. The van der Waals surface area contributed by atoms with Crippen LogP contribution in [0.2, 0.25) is 0 Å². The number of carbonyl (C=O) groups is 1. The van der Waals surface area contributed by atoms with Crippen LogP contribution in [0.1, 0.15) is 47.1 Å². The number of amides is 1. The summed E-state index contributed by atoms with van der Waals surface area (Å²) in [4.78, 5) is 21.0. The number of pyridine rings is 1. The lowest BCUT2D eigenvalue weighted by Crippen LogP contribution is -2.23. The smallest absolute Gasteiger partial charge is 0.253 e. The van der Waals surface area contributed by atoms with Gasteiger partial charge in [0.2, 0.25) is 9.84 Å². The highest BCUT2D eigenvalue weighted by Crippen LogP contribution is 2.21. The van der Waals surface area contributed by atoms with Crippen molar-refractivity contribution in [3.8, 4) is 0 Å². The first kappa shape index (κ1) is 22.4. The van der Waals surface area contributed by atoms with Crippen molar-refractivity contribution in [2.75, 3.05) is 7.05 Å². The number of nitrogens with zero attached hydrogens (tertiary/aromatic N) is 4. The molecular formula is C22H25N5O3S. The summed E-state index contributed by atoms with van der Waals surface area (Å²) >= 11 is 0. The Kier molecular flexibility index (Phi) is 6.65. The zero-order valence-electron chi connectivity index (χ0n) is 17.9. The SMILES string of the molecule is CN=Cc1cc(C(=O)NCc2ccc(S(=O)(=O)c3cnn(C(C)C)c3)cc2)cnc1C. The number of hydrogen-bond acceptors (Lipinski definition) is 6. The van der Waals surface area contributed by atoms with Crippen LogP contribution in [0, 0.1) is 6.92 Å². The van der Waals surface area contributed by atoms with Crippen LogP contribution in [0.25, 0.3) is 0 Å². The minimum atomic E-state index is -3.65. The first-order valence-corrected chi connectivity index (χ1v) is 11.3. The van der Waals surface area contributed by atoms with Crippen molar-refractivity contribution in [1.82, 2.24) is 20.1 Å². The number of benzene rings is 1. The van der Waals surface area contributed by atoms with Gasteiger partial charge in [-0.05, 0) is 44.5 Å². The topological polar surface area (TPSA) is 106 Å². The lowest BCUT2D eigenvalue weighted by Gasteiger charge is -2.08. The van der Waals surface area contributed by atoms with Crippen molar-refractivity contribution < 1.29 is 13.2 Å². The van der Waals surface area contributed by atoms with E-state index in [1.807, 2.05) is 20.8 Å². The molecule has 1 aromatic carbocycles. The molecule has 0 bridgehead atoms. The third kappa shape index (κ3) is 5.05. The second-order valence-corrected chi connectivity index (χ2v) is 9.32. The Labute approximate surface area is 182 Å². The average molecular weight is 440 g/mol. The van der Waals surface area contributed by atoms with Crippen LogP contribution in [0.4, 0.5) is 0 Å². The first-order chi connectivity index (χ1) is 14.7. The van der Waals surface area contributed by atoms with Crippen LogP contribution >= 0.6 is 0 Å². The molecule has 0 spiro atoms. The summed E-state index contributed by atoms with van der Waals surface area (Å²) in [6.07, 6.45) is 6.06. The van der Waals surface area contributed by atoms with Gasteiger partial charge in [0.15, 0.2) is 0 Å². The van der Waals surface area contributed by atoms with Gasteiger partial charge < -0.3 is 5.32 Å². The molecule has 0 aliphatic carbocycles. The molecule has 0 unspecified atom stereocenters. The summed E-state index contributed by atoms with van der Waals surface area (Å²) in [5, 5.41) is 6.93. The van der Waals surface area contributed by atoms with Crippen LogP contribution in [0.5, 0.6) is 0 Å². The van der Waals surface area contributed by atoms with E-state index < -0.39 is 9.84 Å². The van der Waals surface area contributed by atoms with Gasteiger partial charge in [0.25, 0.3) is 5.91 Å². The molecule has 162 valence electrons. The largest absolute Gasteiger partial charge is 0.348 e. The van der Waals surface area contributed by atoms with E-state index in [9.17, 15) is 13.2 Å². The predicted octanol–water partition coefficient (Wildman–Crippen LogP) is 2.98. The van der Waals surface area contributed by atoms with E-state index in [0.717, 1.165) is 16.8 Å². The van der Waals surface area contributed by atoms with Crippen LogP contribution in [-0.4, -0.2) is 42.4 Å². The summed E-state index contributed by atoms with van der Waals surface area (Å²) in [5.74, 6) is -0.268. The Morgan fingerprint density at radius 2 is 1.90 bits per heavy atom. The second kappa shape index (κ2) is 9.22. The van der Waals surface area contributed by atoms with Gasteiger partial charge >= 0.3 is 0 Å². The summed E-state index contributed by atoms with van der Waals surface area (Å²) in [6, 6.07) is 8.24. The minimum Gasteiger partial charge on any atom is -0.348 e. The van der Waals surface area contributed by atoms with Gasteiger partial charge in [0, 0.05) is 49.5 Å². The molecule has 0 radical (unpaired) electrons. The molecule has 8 nitrogen and oxygen atoms in total. The van der Waals surface area contributed by atoms with Crippen LogP contribution in [0.3, 0.4) is 0 Å². The van der Waals surface area contributed by atoms with E-state index in [1.165, 1.54) is 30.7 Å². The van der Waals surface area contributed by atoms with E-state index in [0.29, 0.717) is 5.56 Å². The molecule has 0 atom stereocenters. The number of rotatable bonds is 7. The van der Waals surface area contributed by atoms with Crippen molar-refractivity contribution >= 4 is 22.0 Å². The molecule has 0 fully saturated rings. The van der Waals surface area contributed by atoms with Crippen molar-refractivity contribution in [1.29, 1.82) is 0 Å².